The highest BCUT2D eigenvalue weighted by atomic mass is 15.5. The van der Waals surface area contributed by atoms with Crippen LogP contribution in [0.2, 0.25) is 0 Å². The molecule has 0 bridgehead atoms. The molecule has 50 valence electrons. The number of rotatable bonds is 2. The molecule has 1 aromatic rings. The quantitative estimate of drug-likeness (QED) is 0.570. The van der Waals surface area contributed by atoms with Crippen molar-refractivity contribution in [3.8, 4) is 6.07 Å². The van der Waals surface area contributed by atoms with E-state index in [1.165, 1.54) is 0 Å². The van der Waals surface area contributed by atoms with Crippen LogP contribution >= 0.6 is 0 Å². The molecule has 5 heteroatoms. The predicted molar refractivity (Wildman–Crippen MR) is 32.6 cm³/mol. The maximum Gasteiger partial charge on any atom is 0.179 e. The highest BCUT2D eigenvalue weighted by Crippen LogP contribution is 1.95. The first-order valence-electron chi connectivity index (χ1n) is 2.63. The van der Waals surface area contributed by atoms with Crippen molar-refractivity contribution in [1.82, 2.24) is 20.6 Å². The summed E-state index contributed by atoms with van der Waals surface area (Å²) in [5.41, 5.74) is 0.432. The van der Waals surface area contributed by atoms with E-state index in [9.17, 15) is 0 Å². The van der Waals surface area contributed by atoms with Gasteiger partial charge in [0.2, 0.25) is 0 Å². The standard InChI is InChI=1S/C5H5N5/c1-4(3-6)2-5-7-9-10-8-5/h1-2H2,(H,7,8,9,10). The smallest absolute Gasteiger partial charge is 0.179 e. The SMILES string of the molecule is C=C(C#N)Cc1nn[nH]n1. The zero-order chi connectivity index (χ0) is 7.40. The Balaban J connectivity index is 2.59. The first kappa shape index (κ1) is 6.42. The predicted octanol–water partition coefficient (Wildman–Crippen LogP) is -0.178. The molecule has 0 amide bonds. The lowest BCUT2D eigenvalue weighted by molar-refractivity contribution is 0.881. The van der Waals surface area contributed by atoms with E-state index in [0.29, 0.717) is 17.8 Å². The Bertz CT molecular complexity index is 254. The van der Waals surface area contributed by atoms with Crippen molar-refractivity contribution in [2.75, 3.05) is 0 Å². The van der Waals surface area contributed by atoms with Crippen molar-refractivity contribution >= 4 is 0 Å². The van der Waals surface area contributed by atoms with Gasteiger partial charge in [0.15, 0.2) is 5.82 Å². The van der Waals surface area contributed by atoms with E-state index < -0.39 is 0 Å². The van der Waals surface area contributed by atoms with Crippen molar-refractivity contribution in [3.05, 3.63) is 18.0 Å². The summed E-state index contributed by atoms with van der Waals surface area (Å²) in [5.74, 6) is 0.492. The molecule has 0 spiro atoms. The molecule has 1 rings (SSSR count). The molecule has 0 saturated heterocycles. The Hall–Kier alpha value is -1.70. The number of nitrogens with zero attached hydrogens (tertiary/aromatic N) is 4. The molecule has 0 aliphatic rings. The van der Waals surface area contributed by atoms with Crippen LogP contribution in [0.1, 0.15) is 5.82 Å². The van der Waals surface area contributed by atoms with Gasteiger partial charge >= 0.3 is 0 Å². The fourth-order valence-electron chi connectivity index (χ4n) is 0.488. The third-order valence-corrected chi connectivity index (χ3v) is 0.919. The summed E-state index contributed by atoms with van der Waals surface area (Å²) in [4.78, 5) is 0. The van der Waals surface area contributed by atoms with Crippen molar-refractivity contribution < 1.29 is 0 Å². The Morgan fingerprint density at radius 2 is 2.60 bits per heavy atom. The monoisotopic (exact) mass is 135 g/mol. The Kier molecular flexibility index (Phi) is 1.75. The van der Waals surface area contributed by atoms with Gasteiger partial charge in [0.05, 0.1) is 6.07 Å². The lowest BCUT2D eigenvalue weighted by atomic mass is 10.2. The van der Waals surface area contributed by atoms with Crippen LogP contribution in [-0.4, -0.2) is 20.6 Å². The van der Waals surface area contributed by atoms with E-state index in [4.69, 9.17) is 5.26 Å². The van der Waals surface area contributed by atoms with Gasteiger partial charge in [-0.2, -0.15) is 10.5 Å². The highest BCUT2D eigenvalue weighted by Gasteiger charge is 1.98. The van der Waals surface area contributed by atoms with Crippen LogP contribution in [0.5, 0.6) is 0 Å². The molecular weight excluding hydrogens is 130 g/mol. The second kappa shape index (κ2) is 2.73. The number of hydrogen-bond acceptors (Lipinski definition) is 4. The number of hydrogen-bond donors (Lipinski definition) is 1. The van der Waals surface area contributed by atoms with E-state index in [1.54, 1.807) is 0 Å². The molecule has 1 aromatic heterocycles. The van der Waals surface area contributed by atoms with Crippen LogP contribution in [0.3, 0.4) is 0 Å². The molecule has 10 heavy (non-hydrogen) atoms. The summed E-state index contributed by atoms with van der Waals surface area (Å²) < 4.78 is 0. The number of tetrazole rings is 1. The summed E-state index contributed by atoms with van der Waals surface area (Å²) in [6.07, 6.45) is 0.368. The Morgan fingerprint density at radius 3 is 3.10 bits per heavy atom. The lowest BCUT2D eigenvalue weighted by Gasteiger charge is -1.84. The second-order valence-corrected chi connectivity index (χ2v) is 1.72. The van der Waals surface area contributed by atoms with Gasteiger partial charge in [-0.25, -0.2) is 0 Å². The third kappa shape index (κ3) is 1.39. The van der Waals surface area contributed by atoms with Crippen LogP contribution in [0.15, 0.2) is 12.2 Å². The van der Waals surface area contributed by atoms with Crippen molar-refractivity contribution in [2.45, 2.75) is 6.42 Å². The summed E-state index contributed by atoms with van der Waals surface area (Å²) in [7, 11) is 0. The number of aromatic amines is 1. The maximum atomic E-state index is 8.30. The van der Waals surface area contributed by atoms with Gasteiger partial charge in [-0.3, -0.25) is 0 Å². The van der Waals surface area contributed by atoms with Crippen LogP contribution < -0.4 is 0 Å². The molecule has 0 unspecified atom stereocenters. The molecule has 0 aliphatic heterocycles. The first-order chi connectivity index (χ1) is 4.83. The second-order valence-electron chi connectivity index (χ2n) is 1.72. The van der Waals surface area contributed by atoms with Gasteiger partial charge in [0.1, 0.15) is 0 Å². The fourth-order valence-corrected chi connectivity index (χ4v) is 0.488. The van der Waals surface area contributed by atoms with Gasteiger partial charge in [-0.1, -0.05) is 11.8 Å². The summed E-state index contributed by atoms with van der Waals surface area (Å²) in [5, 5.41) is 21.2. The first-order valence-corrected chi connectivity index (χ1v) is 2.63. The minimum Gasteiger partial charge on any atom is -0.193 e. The largest absolute Gasteiger partial charge is 0.193 e. The van der Waals surface area contributed by atoms with Gasteiger partial charge in [0.25, 0.3) is 0 Å². The Labute approximate surface area is 57.4 Å². The third-order valence-electron chi connectivity index (χ3n) is 0.919. The number of aromatic nitrogens is 4. The van der Waals surface area contributed by atoms with Gasteiger partial charge in [0, 0.05) is 12.0 Å². The molecule has 0 aromatic carbocycles. The van der Waals surface area contributed by atoms with Crippen LogP contribution in [0.25, 0.3) is 0 Å². The maximum absolute atomic E-state index is 8.30. The molecule has 1 heterocycles. The zero-order valence-electron chi connectivity index (χ0n) is 5.20. The number of nitriles is 1. The minimum absolute atomic E-state index is 0.368. The molecule has 0 saturated carbocycles. The molecule has 0 atom stereocenters. The van der Waals surface area contributed by atoms with E-state index in [1.807, 2.05) is 6.07 Å². The summed E-state index contributed by atoms with van der Waals surface area (Å²) in [6, 6.07) is 1.89. The molecule has 0 aliphatic carbocycles. The highest BCUT2D eigenvalue weighted by molar-refractivity contribution is 5.19. The van der Waals surface area contributed by atoms with E-state index in [2.05, 4.69) is 27.2 Å². The van der Waals surface area contributed by atoms with Gasteiger partial charge < -0.3 is 0 Å². The summed E-state index contributed by atoms with van der Waals surface area (Å²) >= 11 is 0. The molecule has 1 N–H and O–H groups in total. The van der Waals surface area contributed by atoms with Gasteiger partial charge in [-0.15, -0.1) is 10.2 Å². The lowest BCUT2D eigenvalue weighted by Crippen LogP contribution is -1.89. The van der Waals surface area contributed by atoms with E-state index in [0.717, 1.165) is 0 Å². The van der Waals surface area contributed by atoms with Gasteiger partial charge in [-0.05, 0) is 0 Å². The Morgan fingerprint density at radius 1 is 1.80 bits per heavy atom. The zero-order valence-corrected chi connectivity index (χ0v) is 5.20. The minimum atomic E-state index is 0.368. The number of nitrogens with one attached hydrogen (secondary N) is 1. The molecule has 5 nitrogen and oxygen atoms in total. The van der Waals surface area contributed by atoms with E-state index >= 15 is 0 Å². The van der Waals surface area contributed by atoms with Crippen molar-refractivity contribution in [1.29, 1.82) is 5.26 Å². The molecule has 0 fully saturated rings. The summed E-state index contributed by atoms with van der Waals surface area (Å²) in [6.45, 7) is 3.47. The van der Waals surface area contributed by atoms with Crippen molar-refractivity contribution in [2.24, 2.45) is 0 Å². The average molecular weight is 135 g/mol. The van der Waals surface area contributed by atoms with E-state index in [-0.39, 0.29) is 0 Å². The van der Waals surface area contributed by atoms with Crippen LogP contribution in [0.4, 0.5) is 0 Å². The van der Waals surface area contributed by atoms with Crippen LogP contribution in [-0.2, 0) is 6.42 Å². The average Bonchev–Trinajstić information content (AvgIpc) is 2.40. The van der Waals surface area contributed by atoms with Crippen molar-refractivity contribution in [3.63, 3.8) is 0 Å². The topological polar surface area (TPSA) is 78.2 Å². The number of H-pyrrole nitrogens is 1. The number of allylic oxidation sites excluding steroid dienone is 1. The fraction of sp³-hybridized carbons (Fsp3) is 0.200. The normalized spacial score (nSPS) is 8.70. The van der Waals surface area contributed by atoms with Crippen LogP contribution in [0, 0.1) is 11.3 Å². The molecule has 0 radical (unpaired) electrons. The molecular formula is C5H5N5.